The van der Waals surface area contributed by atoms with Crippen molar-refractivity contribution in [3.05, 3.63) is 12.7 Å². The van der Waals surface area contributed by atoms with Crippen LogP contribution in [0.5, 0.6) is 0 Å². The van der Waals surface area contributed by atoms with E-state index in [0.29, 0.717) is 6.04 Å². The summed E-state index contributed by atoms with van der Waals surface area (Å²) in [4.78, 5) is 0. The molecule has 0 radical (unpaired) electrons. The van der Waals surface area contributed by atoms with Gasteiger partial charge >= 0.3 is 0 Å². The maximum Gasteiger partial charge on any atom is 0.249 e. The summed E-state index contributed by atoms with van der Waals surface area (Å²) < 4.78 is 25.3. The van der Waals surface area contributed by atoms with Crippen LogP contribution in [0.4, 0.5) is 8.78 Å². The van der Waals surface area contributed by atoms with Gasteiger partial charge < -0.3 is 5.32 Å². The zero-order valence-corrected chi connectivity index (χ0v) is 8.36. The monoisotopic (exact) mass is 201 g/mol. The third-order valence-electron chi connectivity index (χ3n) is 3.41. The van der Waals surface area contributed by atoms with Crippen molar-refractivity contribution >= 4 is 0 Å². The van der Waals surface area contributed by atoms with Crippen LogP contribution in [0.3, 0.4) is 0 Å². The molecule has 14 heavy (non-hydrogen) atoms. The first kappa shape index (κ1) is 10.1. The Balaban J connectivity index is 1.63. The van der Waals surface area contributed by atoms with Crippen LogP contribution in [0.1, 0.15) is 32.1 Å². The van der Waals surface area contributed by atoms with Crippen molar-refractivity contribution in [3.63, 3.8) is 0 Å². The first-order valence-electron chi connectivity index (χ1n) is 5.27. The molecule has 0 aromatic rings. The van der Waals surface area contributed by atoms with Crippen molar-refractivity contribution < 1.29 is 8.78 Å². The van der Waals surface area contributed by atoms with E-state index in [9.17, 15) is 8.78 Å². The van der Waals surface area contributed by atoms with Crippen molar-refractivity contribution in [1.29, 1.82) is 0 Å². The van der Waals surface area contributed by atoms with Crippen molar-refractivity contribution in [2.24, 2.45) is 5.41 Å². The van der Waals surface area contributed by atoms with E-state index in [4.69, 9.17) is 0 Å². The molecule has 2 saturated carbocycles. The highest BCUT2D eigenvalue weighted by atomic mass is 19.3. The Morgan fingerprint density at radius 1 is 1.36 bits per heavy atom. The van der Waals surface area contributed by atoms with Crippen molar-refractivity contribution in [2.45, 2.75) is 44.1 Å². The normalized spacial score (nSPS) is 28.1. The lowest BCUT2D eigenvalue weighted by Gasteiger charge is -2.57. The number of nitrogens with one attached hydrogen (secondary N) is 1. The Morgan fingerprint density at radius 3 is 2.50 bits per heavy atom. The van der Waals surface area contributed by atoms with E-state index in [2.05, 4.69) is 11.9 Å². The van der Waals surface area contributed by atoms with Gasteiger partial charge in [-0.25, -0.2) is 8.78 Å². The lowest BCUT2D eigenvalue weighted by molar-refractivity contribution is -0.198. The Kier molecular flexibility index (Phi) is 2.38. The summed E-state index contributed by atoms with van der Waals surface area (Å²) >= 11 is 0. The molecule has 0 amide bonds. The highest BCUT2D eigenvalue weighted by Crippen LogP contribution is 2.62. The van der Waals surface area contributed by atoms with E-state index in [-0.39, 0.29) is 18.3 Å². The standard InChI is InChI=1S/C11H17F2N/c1-2-3-4-14-9-5-10(6-9)7-11(12,13)8-10/h2,9,14H,1,3-8H2. The van der Waals surface area contributed by atoms with Gasteiger partial charge in [0.15, 0.2) is 0 Å². The Morgan fingerprint density at radius 2 is 2.00 bits per heavy atom. The summed E-state index contributed by atoms with van der Waals surface area (Å²) in [6.07, 6.45) is 4.97. The molecular weight excluding hydrogens is 184 g/mol. The predicted octanol–water partition coefficient (Wildman–Crippen LogP) is 2.73. The summed E-state index contributed by atoms with van der Waals surface area (Å²) in [5.41, 5.74) is 0.00927. The molecule has 0 bridgehead atoms. The van der Waals surface area contributed by atoms with E-state index < -0.39 is 5.92 Å². The Hall–Kier alpha value is -0.440. The van der Waals surface area contributed by atoms with Gasteiger partial charge in [-0.05, 0) is 31.2 Å². The number of halogens is 2. The van der Waals surface area contributed by atoms with Crippen molar-refractivity contribution in [3.8, 4) is 0 Å². The van der Waals surface area contributed by atoms with Crippen LogP contribution in [-0.4, -0.2) is 18.5 Å². The molecule has 80 valence electrons. The quantitative estimate of drug-likeness (QED) is 0.544. The van der Waals surface area contributed by atoms with E-state index >= 15 is 0 Å². The lowest BCUT2D eigenvalue weighted by Crippen LogP contribution is -2.59. The van der Waals surface area contributed by atoms with Gasteiger partial charge in [0.25, 0.3) is 0 Å². The molecule has 0 atom stereocenters. The summed E-state index contributed by atoms with van der Waals surface area (Å²) in [7, 11) is 0. The van der Waals surface area contributed by atoms with Gasteiger partial charge in [-0.2, -0.15) is 0 Å². The molecule has 2 aliphatic carbocycles. The topological polar surface area (TPSA) is 12.0 Å². The van der Waals surface area contributed by atoms with Crippen LogP contribution < -0.4 is 5.32 Å². The van der Waals surface area contributed by atoms with E-state index in [1.165, 1.54) is 0 Å². The molecule has 2 aliphatic rings. The second-order valence-corrected chi connectivity index (χ2v) is 4.85. The van der Waals surface area contributed by atoms with Crippen LogP contribution in [0, 0.1) is 5.41 Å². The first-order valence-corrected chi connectivity index (χ1v) is 5.27. The average Bonchev–Trinajstić information content (AvgIpc) is 1.97. The van der Waals surface area contributed by atoms with Crippen LogP contribution >= 0.6 is 0 Å². The SMILES string of the molecule is C=CCCNC1CC2(C1)CC(F)(F)C2. The van der Waals surface area contributed by atoms with E-state index in [1.807, 2.05) is 6.08 Å². The summed E-state index contributed by atoms with van der Waals surface area (Å²) in [6, 6.07) is 0.478. The number of hydrogen-bond donors (Lipinski definition) is 1. The molecule has 0 heterocycles. The number of hydrogen-bond acceptors (Lipinski definition) is 1. The Bertz CT molecular complexity index is 221. The maximum absolute atomic E-state index is 12.7. The first-order chi connectivity index (χ1) is 6.55. The molecule has 0 aromatic carbocycles. The van der Waals surface area contributed by atoms with Gasteiger partial charge in [-0.15, -0.1) is 6.58 Å². The van der Waals surface area contributed by atoms with E-state index in [0.717, 1.165) is 25.8 Å². The van der Waals surface area contributed by atoms with Gasteiger partial charge in [-0.1, -0.05) is 6.08 Å². The molecule has 0 aliphatic heterocycles. The maximum atomic E-state index is 12.7. The molecule has 0 saturated heterocycles. The second kappa shape index (κ2) is 3.30. The predicted molar refractivity (Wildman–Crippen MR) is 52.5 cm³/mol. The average molecular weight is 201 g/mol. The minimum Gasteiger partial charge on any atom is -0.314 e. The minimum absolute atomic E-state index is 0.00927. The Labute approximate surface area is 83.6 Å². The van der Waals surface area contributed by atoms with Crippen molar-refractivity contribution in [2.75, 3.05) is 6.54 Å². The largest absolute Gasteiger partial charge is 0.314 e. The molecule has 0 unspecified atom stereocenters. The molecule has 2 rings (SSSR count). The third-order valence-corrected chi connectivity index (χ3v) is 3.41. The molecule has 1 nitrogen and oxygen atoms in total. The number of rotatable bonds is 4. The van der Waals surface area contributed by atoms with Crippen LogP contribution in [0.25, 0.3) is 0 Å². The fourth-order valence-corrected chi connectivity index (χ4v) is 2.85. The minimum atomic E-state index is -2.36. The molecule has 1 spiro atoms. The van der Waals surface area contributed by atoms with Crippen LogP contribution in [0.2, 0.25) is 0 Å². The molecule has 0 aromatic heterocycles. The van der Waals surface area contributed by atoms with Gasteiger partial charge in [0.2, 0.25) is 5.92 Å². The van der Waals surface area contributed by atoms with Crippen LogP contribution in [0.15, 0.2) is 12.7 Å². The fraction of sp³-hybridized carbons (Fsp3) is 0.818. The summed E-state index contributed by atoms with van der Waals surface area (Å²) in [5.74, 6) is -2.36. The van der Waals surface area contributed by atoms with Gasteiger partial charge in [0, 0.05) is 18.9 Å². The third kappa shape index (κ3) is 1.83. The fourth-order valence-electron chi connectivity index (χ4n) is 2.85. The highest BCUT2D eigenvalue weighted by Gasteiger charge is 2.61. The van der Waals surface area contributed by atoms with Gasteiger partial charge in [0.05, 0.1) is 0 Å². The van der Waals surface area contributed by atoms with Gasteiger partial charge in [-0.3, -0.25) is 0 Å². The molecule has 3 heteroatoms. The second-order valence-electron chi connectivity index (χ2n) is 4.85. The lowest BCUT2D eigenvalue weighted by atomic mass is 9.52. The summed E-state index contributed by atoms with van der Waals surface area (Å²) in [6.45, 7) is 4.57. The van der Waals surface area contributed by atoms with Crippen LogP contribution in [-0.2, 0) is 0 Å². The smallest absolute Gasteiger partial charge is 0.249 e. The molecule has 1 N–H and O–H groups in total. The zero-order valence-electron chi connectivity index (χ0n) is 8.36. The number of alkyl halides is 2. The zero-order chi connectivity index (χ0) is 10.2. The molecule has 2 fully saturated rings. The molecular formula is C11H17F2N. The summed E-state index contributed by atoms with van der Waals surface area (Å²) in [5, 5.41) is 3.35. The highest BCUT2D eigenvalue weighted by molar-refractivity contribution is 5.08. The van der Waals surface area contributed by atoms with E-state index in [1.54, 1.807) is 0 Å². The van der Waals surface area contributed by atoms with Crippen molar-refractivity contribution in [1.82, 2.24) is 5.32 Å². The van der Waals surface area contributed by atoms with Gasteiger partial charge in [0.1, 0.15) is 0 Å².